The number of carbonyl (C=O) groups is 1. The first kappa shape index (κ1) is 17.2. The van der Waals surface area contributed by atoms with Crippen LogP contribution < -0.4 is 15.0 Å². The molecule has 0 spiro atoms. The average molecular weight is 356 g/mol. The molecule has 0 atom stereocenters. The smallest absolute Gasteiger partial charge is 0.243 e. The number of rotatable bonds is 6. The standard InChI is InChI=1S/C18H20N4O2S/c1-4-22(17-15-8-12(2)25-18(15)20-11-19-17)10-16(23)21-13-6-5-7-14(9-13)24-3/h5-9,11H,4,10H2,1-3H3,(H,21,23). The van der Waals surface area contributed by atoms with E-state index in [9.17, 15) is 4.79 Å². The third-order valence-electron chi connectivity index (χ3n) is 3.80. The van der Waals surface area contributed by atoms with Crippen molar-refractivity contribution in [2.75, 3.05) is 30.4 Å². The maximum Gasteiger partial charge on any atom is 0.243 e. The van der Waals surface area contributed by atoms with Crippen molar-refractivity contribution in [1.82, 2.24) is 9.97 Å². The molecule has 0 aliphatic carbocycles. The fraction of sp³-hybridized carbons (Fsp3) is 0.278. The van der Waals surface area contributed by atoms with Gasteiger partial charge < -0.3 is 15.0 Å². The molecule has 0 radical (unpaired) electrons. The molecule has 0 fully saturated rings. The molecule has 0 saturated heterocycles. The summed E-state index contributed by atoms with van der Waals surface area (Å²) in [7, 11) is 1.60. The lowest BCUT2D eigenvalue weighted by atomic mass is 10.3. The molecule has 0 aliphatic rings. The summed E-state index contributed by atoms with van der Waals surface area (Å²) in [6.07, 6.45) is 1.55. The number of benzene rings is 1. The summed E-state index contributed by atoms with van der Waals surface area (Å²) in [6, 6.07) is 9.37. The molecule has 0 bridgehead atoms. The SMILES string of the molecule is CCN(CC(=O)Nc1cccc(OC)c1)c1ncnc2sc(C)cc12. The summed E-state index contributed by atoms with van der Waals surface area (Å²) in [4.78, 5) is 25.2. The normalized spacial score (nSPS) is 10.7. The molecule has 130 valence electrons. The highest BCUT2D eigenvalue weighted by molar-refractivity contribution is 7.18. The summed E-state index contributed by atoms with van der Waals surface area (Å²) < 4.78 is 5.18. The van der Waals surface area contributed by atoms with Gasteiger partial charge in [0.15, 0.2) is 0 Å². The van der Waals surface area contributed by atoms with E-state index in [0.717, 1.165) is 16.0 Å². The second-order valence-corrected chi connectivity index (χ2v) is 6.80. The number of nitrogens with one attached hydrogen (secondary N) is 1. The van der Waals surface area contributed by atoms with Gasteiger partial charge in [-0.15, -0.1) is 11.3 Å². The van der Waals surface area contributed by atoms with Crippen LogP contribution in [-0.2, 0) is 4.79 Å². The molecule has 1 N–H and O–H groups in total. The van der Waals surface area contributed by atoms with Crippen molar-refractivity contribution in [2.24, 2.45) is 0 Å². The van der Waals surface area contributed by atoms with Gasteiger partial charge in [-0.25, -0.2) is 9.97 Å². The van der Waals surface area contributed by atoms with Crippen LogP contribution in [0.3, 0.4) is 0 Å². The first-order valence-corrected chi connectivity index (χ1v) is 8.82. The van der Waals surface area contributed by atoms with E-state index in [0.29, 0.717) is 18.0 Å². The minimum absolute atomic E-state index is 0.103. The number of amides is 1. The number of anilines is 2. The Morgan fingerprint density at radius 2 is 2.16 bits per heavy atom. The van der Waals surface area contributed by atoms with Crippen LogP contribution in [0.2, 0.25) is 0 Å². The van der Waals surface area contributed by atoms with Crippen LogP contribution in [0, 0.1) is 6.92 Å². The molecule has 0 saturated carbocycles. The number of carbonyl (C=O) groups excluding carboxylic acids is 1. The Hall–Kier alpha value is -2.67. The number of nitrogens with zero attached hydrogens (tertiary/aromatic N) is 3. The van der Waals surface area contributed by atoms with Crippen LogP contribution in [0.1, 0.15) is 11.8 Å². The van der Waals surface area contributed by atoms with Crippen LogP contribution in [0.4, 0.5) is 11.5 Å². The van der Waals surface area contributed by atoms with Gasteiger partial charge in [-0.1, -0.05) is 6.07 Å². The van der Waals surface area contributed by atoms with Gasteiger partial charge in [0.05, 0.1) is 19.0 Å². The van der Waals surface area contributed by atoms with Gasteiger partial charge in [-0.05, 0) is 32.0 Å². The molecule has 2 heterocycles. The maximum atomic E-state index is 12.5. The second kappa shape index (κ2) is 7.48. The molecule has 3 rings (SSSR count). The van der Waals surface area contributed by atoms with E-state index in [2.05, 4.69) is 21.4 Å². The molecular weight excluding hydrogens is 336 g/mol. The molecule has 1 aromatic carbocycles. The van der Waals surface area contributed by atoms with Gasteiger partial charge in [0.2, 0.25) is 5.91 Å². The number of thiophene rings is 1. The number of methoxy groups -OCH3 is 1. The Labute approximate surface area is 150 Å². The summed E-state index contributed by atoms with van der Waals surface area (Å²) in [5, 5.41) is 3.89. The van der Waals surface area contributed by atoms with Crippen molar-refractivity contribution in [3.05, 3.63) is 41.5 Å². The van der Waals surface area contributed by atoms with Gasteiger partial charge in [-0.3, -0.25) is 4.79 Å². The van der Waals surface area contributed by atoms with Crippen LogP contribution in [0.15, 0.2) is 36.7 Å². The van der Waals surface area contributed by atoms with E-state index in [4.69, 9.17) is 4.74 Å². The Morgan fingerprint density at radius 3 is 2.92 bits per heavy atom. The lowest BCUT2D eigenvalue weighted by Crippen LogP contribution is -2.33. The highest BCUT2D eigenvalue weighted by Gasteiger charge is 2.16. The summed E-state index contributed by atoms with van der Waals surface area (Å²) in [5.41, 5.74) is 0.708. The number of fused-ring (bicyclic) bond motifs is 1. The van der Waals surface area contributed by atoms with Crippen molar-refractivity contribution in [1.29, 1.82) is 0 Å². The molecule has 0 aliphatic heterocycles. The minimum Gasteiger partial charge on any atom is -0.497 e. The summed E-state index contributed by atoms with van der Waals surface area (Å²) in [5.74, 6) is 1.39. The molecule has 0 unspecified atom stereocenters. The zero-order chi connectivity index (χ0) is 17.8. The number of hydrogen-bond donors (Lipinski definition) is 1. The van der Waals surface area contributed by atoms with Crippen molar-refractivity contribution >= 4 is 39.0 Å². The van der Waals surface area contributed by atoms with Gasteiger partial charge in [0.1, 0.15) is 22.7 Å². The topological polar surface area (TPSA) is 67.4 Å². The molecule has 7 heteroatoms. The quantitative estimate of drug-likeness (QED) is 0.732. The Morgan fingerprint density at radius 1 is 1.32 bits per heavy atom. The first-order valence-electron chi connectivity index (χ1n) is 8.00. The van der Waals surface area contributed by atoms with E-state index in [1.807, 2.05) is 36.9 Å². The third kappa shape index (κ3) is 3.88. The van der Waals surface area contributed by atoms with Crippen molar-refractivity contribution in [2.45, 2.75) is 13.8 Å². The fourth-order valence-electron chi connectivity index (χ4n) is 2.63. The molecule has 6 nitrogen and oxygen atoms in total. The second-order valence-electron chi connectivity index (χ2n) is 5.57. The molecule has 25 heavy (non-hydrogen) atoms. The Kier molecular flexibility index (Phi) is 5.14. The number of hydrogen-bond acceptors (Lipinski definition) is 6. The highest BCUT2D eigenvalue weighted by atomic mass is 32.1. The van der Waals surface area contributed by atoms with Gasteiger partial charge in [0.25, 0.3) is 0 Å². The van der Waals surface area contributed by atoms with Crippen LogP contribution >= 0.6 is 11.3 Å². The van der Waals surface area contributed by atoms with Crippen LogP contribution in [-0.4, -0.2) is 36.1 Å². The maximum absolute atomic E-state index is 12.5. The fourth-order valence-corrected chi connectivity index (χ4v) is 3.47. The molecule has 3 aromatic rings. The lowest BCUT2D eigenvalue weighted by molar-refractivity contribution is -0.115. The molecule has 2 aromatic heterocycles. The molecular formula is C18H20N4O2S. The van der Waals surface area contributed by atoms with Gasteiger partial charge in [-0.2, -0.15) is 0 Å². The molecule has 1 amide bonds. The number of ether oxygens (including phenoxy) is 1. The van der Waals surface area contributed by atoms with E-state index in [1.54, 1.807) is 30.8 Å². The third-order valence-corrected chi connectivity index (χ3v) is 4.76. The van der Waals surface area contributed by atoms with Gasteiger partial charge >= 0.3 is 0 Å². The Bertz CT molecular complexity index is 894. The minimum atomic E-state index is -0.103. The zero-order valence-electron chi connectivity index (χ0n) is 14.4. The van der Waals surface area contributed by atoms with E-state index in [1.165, 1.54) is 4.88 Å². The van der Waals surface area contributed by atoms with E-state index >= 15 is 0 Å². The highest BCUT2D eigenvalue weighted by Crippen LogP contribution is 2.29. The van der Waals surface area contributed by atoms with Crippen molar-refractivity contribution in [3.63, 3.8) is 0 Å². The average Bonchev–Trinajstić information content (AvgIpc) is 3.00. The number of aryl methyl sites for hydroxylation is 1. The van der Waals surface area contributed by atoms with Crippen LogP contribution in [0.5, 0.6) is 5.75 Å². The van der Waals surface area contributed by atoms with E-state index < -0.39 is 0 Å². The monoisotopic (exact) mass is 356 g/mol. The predicted octanol–water partition coefficient (Wildman–Crippen LogP) is 3.47. The number of aromatic nitrogens is 2. The van der Waals surface area contributed by atoms with Gasteiger partial charge in [0, 0.05) is 23.2 Å². The summed E-state index contributed by atoms with van der Waals surface area (Å²) in [6.45, 7) is 4.94. The predicted molar refractivity (Wildman–Crippen MR) is 102 cm³/mol. The Balaban J connectivity index is 1.78. The summed E-state index contributed by atoms with van der Waals surface area (Å²) >= 11 is 1.63. The van der Waals surface area contributed by atoms with E-state index in [-0.39, 0.29) is 12.5 Å². The zero-order valence-corrected chi connectivity index (χ0v) is 15.3. The van der Waals surface area contributed by atoms with Crippen molar-refractivity contribution in [3.8, 4) is 5.75 Å². The van der Waals surface area contributed by atoms with Crippen molar-refractivity contribution < 1.29 is 9.53 Å². The van der Waals surface area contributed by atoms with Crippen LogP contribution in [0.25, 0.3) is 10.2 Å². The largest absolute Gasteiger partial charge is 0.497 e. The number of likely N-dealkylation sites (N-methyl/N-ethyl adjacent to an activating group) is 1. The lowest BCUT2D eigenvalue weighted by Gasteiger charge is -2.21. The first-order chi connectivity index (χ1) is 12.1.